The average molecular weight is 697 g/mol. The highest BCUT2D eigenvalue weighted by Gasteiger charge is 2.34. The maximum atomic E-state index is 13.6. The van der Waals surface area contributed by atoms with Gasteiger partial charge in [-0.1, -0.05) is 96.6 Å². The highest BCUT2D eigenvalue weighted by molar-refractivity contribution is 5.92. The molecule has 7 nitrogen and oxygen atoms in total. The van der Waals surface area contributed by atoms with Crippen molar-refractivity contribution < 1.29 is 37.7 Å². The van der Waals surface area contributed by atoms with Gasteiger partial charge in [0.05, 0.1) is 25.6 Å². The zero-order chi connectivity index (χ0) is 36.5. The molecular formula is C41H39F3N2O5. The van der Waals surface area contributed by atoms with Crippen molar-refractivity contribution >= 4 is 17.6 Å². The summed E-state index contributed by atoms with van der Waals surface area (Å²) in [6, 6.07) is 34.3. The van der Waals surface area contributed by atoms with Crippen molar-refractivity contribution in [1.82, 2.24) is 4.90 Å². The number of aliphatic carboxylic acids is 1. The number of nitrogens with one attached hydrogen (secondary N) is 1. The number of ether oxygens (including phenoxy) is 1. The number of alkyl halides is 3. The Morgan fingerprint density at radius 2 is 1.33 bits per heavy atom. The molecule has 0 aromatic heterocycles. The molecule has 1 atom stereocenters. The molecule has 0 saturated heterocycles. The van der Waals surface area contributed by atoms with Gasteiger partial charge < -0.3 is 20.3 Å². The third kappa shape index (κ3) is 10.3. The van der Waals surface area contributed by atoms with Crippen LogP contribution in [0, 0.1) is 6.92 Å². The molecule has 1 amide bonds. The molecule has 0 radical (unpaired) electrons. The molecule has 1 unspecified atom stereocenters. The molecule has 5 rings (SSSR count). The first-order valence-corrected chi connectivity index (χ1v) is 16.4. The van der Waals surface area contributed by atoms with E-state index in [4.69, 9.17) is 4.74 Å². The number of amides is 1. The van der Waals surface area contributed by atoms with Crippen LogP contribution in [0.4, 0.5) is 18.9 Å². The van der Waals surface area contributed by atoms with E-state index < -0.39 is 42.8 Å². The number of nitrogens with zero attached hydrogens (tertiary/aromatic N) is 1. The van der Waals surface area contributed by atoms with Crippen molar-refractivity contribution in [3.05, 3.63) is 154 Å². The van der Waals surface area contributed by atoms with Gasteiger partial charge in [-0.3, -0.25) is 14.5 Å². The first-order valence-electron chi connectivity index (χ1n) is 16.4. The van der Waals surface area contributed by atoms with Gasteiger partial charge in [0.2, 0.25) is 5.91 Å². The van der Waals surface area contributed by atoms with Gasteiger partial charge in [-0.15, -0.1) is 0 Å². The minimum Gasteiger partial charge on any atom is -0.497 e. The number of carboxylic acids is 1. The Balaban J connectivity index is 1.17. The van der Waals surface area contributed by atoms with Gasteiger partial charge in [-0.2, -0.15) is 13.2 Å². The number of aliphatic hydroxyl groups excluding tert-OH is 1. The third-order valence-electron chi connectivity index (χ3n) is 8.60. The third-order valence-corrected chi connectivity index (χ3v) is 8.60. The predicted octanol–water partition coefficient (Wildman–Crippen LogP) is 8.23. The maximum Gasteiger partial charge on any atom is 0.416 e. The molecule has 0 aliphatic heterocycles. The monoisotopic (exact) mass is 696 g/mol. The number of aliphatic hydroxyl groups is 1. The van der Waals surface area contributed by atoms with Gasteiger partial charge in [-0.25, -0.2) is 0 Å². The Morgan fingerprint density at radius 1 is 0.784 bits per heavy atom. The summed E-state index contributed by atoms with van der Waals surface area (Å²) in [5, 5.41) is 23.3. The second-order valence-corrected chi connectivity index (χ2v) is 12.4. The predicted molar refractivity (Wildman–Crippen MR) is 190 cm³/mol. The molecule has 0 heterocycles. The highest BCUT2D eigenvalue weighted by atomic mass is 19.4. The molecule has 0 bridgehead atoms. The number of carbonyl (C=O) groups excluding carboxylic acids is 1. The zero-order valence-corrected chi connectivity index (χ0v) is 28.3. The summed E-state index contributed by atoms with van der Waals surface area (Å²) in [7, 11) is 1.26. The molecule has 3 N–H and O–H groups in total. The van der Waals surface area contributed by atoms with Crippen molar-refractivity contribution in [3.63, 3.8) is 0 Å². The van der Waals surface area contributed by atoms with Gasteiger partial charge in [0, 0.05) is 12.2 Å². The molecular weight excluding hydrogens is 657 g/mol. The Bertz CT molecular complexity index is 1930. The first-order chi connectivity index (χ1) is 24.4. The minimum atomic E-state index is -4.66. The summed E-state index contributed by atoms with van der Waals surface area (Å²) < 4.78 is 45.6. The van der Waals surface area contributed by atoms with Gasteiger partial charge in [0.15, 0.2) is 0 Å². The van der Waals surface area contributed by atoms with Crippen LogP contribution in [0.2, 0.25) is 0 Å². The quantitative estimate of drug-likeness (QED) is 0.101. The van der Waals surface area contributed by atoms with Crippen molar-refractivity contribution in [3.8, 4) is 16.9 Å². The summed E-state index contributed by atoms with van der Waals surface area (Å²) >= 11 is 0. The molecule has 264 valence electrons. The molecule has 0 spiro atoms. The van der Waals surface area contributed by atoms with Crippen molar-refractivity contribution in [2.24, 2.45) is 0 Å². The Labute approximate surface area is 295 Å². The number of carbonyl (C=O) groups is 2. The van der Waals surface area contributed by atoms with Crippen LogP contribution in [0.3, 0.4) is 0 Å². The number of aryl methyl sites for hydroxylation is 3. The van der Waals surface area contributed by atoms with E-state index in [9.17, 15) is 33.0 Å². The summed E-state index contributed by atoms with van der Waals surface area (Å²) in [5.41, 5.74) is 6.29. The zero-order valence-electron chi connectivity index (χ0n) is 28.3. The molecule has 5 aromatic carbocycles. The average Bonchev–Trinajstić information content (AvgIpc) is 3.11. The van der Waals surface area contributed by atoms with Crippen LogP contribution in [0.1, 0.15) is 45.2 Å². The lowest BCUT2D eigenvalue weighted by Crippen LogP contribution is -2.33. The lowest BCUT2D eigenvalue weighted by molar-refractivity contribution is -0.142. The molecule has 0 fully saturated rings. The second kappa shape index (κ2) is 16.5. The molecule has 0 saturated carbocycles. The molecule has 0 aliphatic rings. The smallest absolute Gasteiger partial charge is 0.416 e. The molecule has 51 heavy (non-hydrogen) atoms. The Hall–Kier alpha value is -5.45. The fourth-order valence-corrected chi connectivity index (χ4v) is 5.78. The van der Waals surface area contributed by atoms with Crippen LogP contribution in [-0.2, 0) is 41.6 Å². The summed E-state index contributed by atoms with van der Waals surface area (Å²) in [5.74, 6) is -1.74. The van der Waals surface area contributed by atoms with Gasteiger partial charge >= 0.3 is 12.1 Å². The van der Waals surface area contributed by atoms with E-state index >= 15 is 0 Å². The number of hydrogen-bond acceptors (Lipinski definition) is 5. The lowest BCUT2D eigenvalue weighted by atomic mass is 9.99. The highest BCUT2D eigenvalue weighted by Crippen LogP contribution is 2.35. The van der Waals surface area contributed by atoms with Crippen LogP contribution >= 0.6 is 0 Å². The summed E-state index contributed by atoms with van der Waals surface area (Å²) in [4.78, 5) is 25.7. The number of benzene rings is 5. The summed E-state index contributed by atoms with van der Waals surface area (Å²) in [6.07, 6.45) is -4.76. The van der Waals surface area contributed by atoms with E-state index in [2.05, 4.69) is 60.8 Å². The first kappa shape index (κ1) is 36.8. The SMILES string of the molecule is COc1ccc(CC(=O)Nc2ccc(C(O)N(CC(=O)O)Cc3ccc(CCc4ccc(-c5ccc(C)cc5)cc4)cc3)cc2)c(C(F)(F)F)c1. The number of halogens is 3. The molecule has 10 heteroatoms. The van der Waals surface area contributed by atoms with Crippen LogP contribution < -0.4 is 10.1 Å². The van der Waals surface area contributed by atoms with E-state index in [1.165, 1.54) is 70.7 Å². The lowest BCUT2D eigenvalue weighted by Gasteiger charge is -2.27. The number of anilines is 1. The number of methoxy groups -OCH3 is 1. The standard InChI is InChI=1S/C41H39F3N2O5/c1-27-3-13-31(14-4-27)32-15-11-29(12-16-32)6-5-28-7-9-30(10-8-28)25-46(26-39(48)49)40(50)33-17-20-35(21-18-33)45-38(47)23-34-19-22-36(51-2)24-37(34)41(42,43)44/h3-4,7-22,24,40,50H,5-6,23,25-26H2,1-2H3,(H,45,47)(H,48,49). The van der Waals surface area contributed by atoms with Gasteiger partial charge in [0.1, 0.15) is 12.0 Å². The fourth-order valence-electron chi connectivity index (χ4n) is 5.78. The van der Waals surface area contributed by atoms with Crippen LogP contribution in [0.5, 0.6) is 5.75 Å². The van der Waals surface area contributed by atoms with Crippen LogP contribution in [0.15, 0.2) is 115 Å². The Morgan fingerprint density at radius 3 is 1.88 bits per heavy atom. The Kier molecular flexibility index (Phi) is 11.9. The van der Waals surface area contributed by atoms with Crippen molar-refractivity contribution in [2.45, 2.75) is 45.1 Å². The van der Waals surface area contributed by atoms with Crippen molar-refractivity contribution in [1.29, 1.82) is 0 Å². The number of hydrogen-bond donors (Lipinski definition) is 3. The maximum absolute atomic E-state index is 13.6. The largest absolute Gasteiger partial charge is 0.497 e. The van der Waals surface area contributed by atoms with E-state index in [0.29, 0.717) is 11.3 Å². The normalized spacial score (nSPS) is 12.1. The van der Waals surface area contributed by atoms with E-state index in [1.807, 2.05) is 24.3 Å². The number of carboxylic acid groups (broad SMARTS) is 1. The minimum absolute atomic E-state index is 0.0292. The fraction of sp³-hybridized carbons (Fsp3) is 0.220. The van der Waals surface area contributed by atoms with E-state index in [1.54, 1.807) is 0 Å². The van der Waals surface area contributed by atoms with E-state index in [0.717, 1.165) is 30.0 Å². The topological polar surface area (TPSA) is 99.1 Å². The van der Waals surface area contributed by atoms with Gasteiger partial charge in [0.25, 0.3) is 0 Å². The number of rotatable bonds is 14. The van der Waals surface area contributed by atoms with Crippen molar-refractivity contribution in [2.75, 3.05) is 19.0 Å². The van der Waals surface area contributed by atoms with Crippen LogP contribution in [0.25, 0.3) is 11.1 Å². The summed E-state index contributed by atoms with van der Waals surface area (Å²) in [6.45, 7) is 1.80. The van der Waals surface area contributed by atoms with E-state index in [-0.39, 0.29) is 17.9 Å². The second-order valence-electron chi connectivity index (χ2n) is 12.4. The van der Waals surface area contributed by atoms with Crippen LogP contribution in [-0.4, -0.2) is 40.6 Å². The molecule has 5 aromatic rings. The molecule has 0 aliphatic carbocycles. The van der Waals surface area contributed by atoms with Gasteiger partial charge in [-0.05, 0) is 83.0 Å².